The van der Waals surface area contributed by atoms with Crippen molar-refractivity contribution in [2.75, 3.05) is 13.3 Å². The highest BCUT2D eigenvalue weighted by Crippen LogP contribution is 2.42. The van der Waals surface area contributed by atoms with Crippen molar-refractivity contribution >= 4 is 17.4 Å². The molecule has 0 bridgehead atoms. The summed E-state index contributed by atoms with van der Waals surface area (Å²) in [5, 5.41) is 11.3. The van der Waals surface area contributed by atoms with Crippen molar-refractivity contribution in [2.24, 2.45) is 0 Å². The number of ether oxygens (including phenoxy) is 2. The average Bonchev–Trinajstić information content (AvgIpc) is 3.45. The van der Waals surface area contributed by atoms with E-state index in [0.717, 1.165) is 11.1 Å². The molecule has 1 N–H and O–H groups in total. The Morgan fingerprint density at radius 1 is 0.973 bits per heavy atom. The number of carbonyl (C=O) groups is 2. The summed E-state index contributed by atoms with van der Waals surface area (Å²) in [7, 11) is 0. The predicted molar refractivity (Wildman–Crippen MR) is 137 cm³/mol. The summed E-state index contributed by atoms with van der Waals surface area (Å²) in [6.45, 7) is 6.62. The van der Waals surface area contributed by atoms with Crippen LogP contribution in [0.15, 0.2) is 72.3 Å². The zero-order chi connectivity index (χ0) is 26.3. The highest BCUT2D eigenvalue weighted by atomic mass is 19.1. The molecule has 7 heteroatoms. The molecule has 1 saturated heterocycles. The molecule has 1 amide bonds. The molecular weight excluding hydrogens is 473 g/mol. The highest BCUT2D eigenvalue weighted by Gasteiger charge is 2.46. The van der Waals surface area contributed by atoms with Gasteiger partial charge in [-0.2, -0.15) is 0 Å². The van der Waals surface area contributed by atoms with Gasteiger partial charge in [-0.25, -0.2) is 4.39 Å². The summed E-state index contributed by atoms with van der Waals surface area (Å²) in [6.07, 6.45) is 0.425. The molecule has 3 aromatic rings. The first kappa shape index (κ1) is 24.6. The fourth-order valence-corrected chi connectivity index (χ4v) is 4.72. The molecule has 2 heterocycles. The minimum Gasteiger partial charge on any atom is -0.507 e. The lowest BCUT2D eigenvalue weighted by atomic mass is 9.85. The molecule has 3 aromatic carbocycles. The third kappa shape index (κ3) is 4.69. The minimum absolute atomic E-state index is 0.0199. The van der Waals surface area contributed by atoms with Crippen molar-refractivity contribution in [3.63, 3.8) is 0 Å². The van der Waals surface area contributed by atoms with Gasteiger partial charge in [0, 0.05) is 12.1 Å². The number of likely N-dealkylation sites (tertiary alicyclic amines) is 1. The number of halogens is 1. The molecule has 0 aromatic heterocycles. The normalized spacial score (nSPS) is 18.5. The van der Waals surface area contributed by atoms with E-state index < -0.39 is 17.7 Å². The number of fused-ring (bicyclic) bond motifs is 1. The zero-order valence-corrected chi connectivity index (χ0v) is 21.0. The van der Waals surface area contributed by atoms with Crippen LogP contribution in [0.2, 0.25) is 0 Å². The number of hydrogen-bond donors (Lipinski definition) is 1. The standard InChI is InChI=1S/C30H28FNO5/c1-30(2,3)21-9-6-19(7-10-21)26-25(27(33)20-8-13-23-24(16-20)37-17-36-23)28(34)29(35)32(26)15-14-18-4-11-22(31)12-5-18/h4-13,16,26,33H,14-15,17H2,1-3H3/b27-25-. The Balaban J connectivity index is 1.57. The number of Topliss-reactive ketones (excluding diaryl/α,β-unsaturated/α-hetero) is 1. The van der Waals surface area contributed by atoms with Gasteiger partial charge in [-0.3, -0.25) is 9.59 Å². The smallest absolute Gasteiger partial charge is 0.295 e. The molecule has 0 saturated carbocycles. The Hall–Kier alpha value is -4.13. The molecule has 0 radical (unpaired) electrons. The van der Waals surface area contributed by atoms with Gasteiger partial charge in [0.2, 0.25) is 6.79 Å². The lowest BCUT2D eigenvalue weighted by molar-refractivity contribution is -0.139. The maximum absolute atomic E-state index is 13.4. The Kier molecular flexibility index (Phi) is 6.23. The molecule has 0 spiro atoms. The first-order valence-corrected chi connectivity index (χ1v) is 12.2. The van der Waals surface area contributed by atoms with Gasteiger partial charge in [-0.05, 0) is 58.9 Å². The van der Waals surface area contributed by atoms with E-state index in [1.165, 1.54) is 17.0 Å². The molecule has 0 aliphatic carbocycles. The van der Waals surface area contributed by atoms with Crippen LogP contribution in [0.1, 0.15) is 49.1 Å². The Morgan fingerprint density at radius 3 is 2.32 bits per heavy atom. The fraction of sp³-hybridized carbons (Fsp3) is 0.267. The van der Waals surface area contributed by atoms with Crippen LogP contribution in [0.3, 0.4) is 0 Å². The van der Waals surface area contributed by atoms with Crippen molar-refractivity contribution < 1.29 is 28.6 Å². The molecule has 5 rings (SSSR count). The van der Waals surface area contributed by atoms with Crippen LogP contribution in [0.4, 0.5) is 4.39 Å². The molecule has 1 atom stereocenters. The molecule has 1 unspecified atom stereocenters. The number of amides is 1. The van der Waals surface area contributed by atoms with E-state index in [2.05, 4.69) is 20.8 Å². The SMILES string of the molecule is CC(C)(C)c1ccc(C2/C(=C(/O)c3ccc4c(c3)OCO4)C(=O)C(=O)N2CCc2ccc(F)cc2)cc1. The monoisotopic (exact) mass is 501 g/mol. The van der Waals surface area contributed by atoms with E-state index in [0.29, 0.717) is 29.0 Å². The predicted octanol–water partition coefficient (Wildman–Crippen LogP) is 5.52. The van der Waals surface area contributed by atoms with Crippen molar-refractivity contribution in [1.82, 2.24) is 4.90 Å². The summed E-state index contributed by atoms with van der Waals surface area (Å²) in [5.41, 5.74) is 2.96. The van der Waals surface area contributed by atoms with E-state index in [1.807, 2.05) is 24.3 Å². The highest BCUT2D eigenvalue weighted by molar-refractivity contribution is 6.46. The van der Waals surface area contributed by atoms with Gasteiger partial charge in [0.05, 0.1) is 11.6 Å². The number of ketones is 1. The van der Waals surface area contributed by atoms with Crippen LogP contribution in [-0.2, 0) is 21.4 Å². The maximum Gasteiger partial charge on any atom is 0.295 e. The van der Waals surface area contributed by atoms with E-state index in [-0.39, 0.29) is 35.9 Å². The number of carbonyl (C=O) groups excluding carboxylic acids is 2. The van der Waals surface area contributed by atoms with Gasteiger partial charge in [0.25, 0.3) is 11.7 Å². The second kappa shape index (κ2) is 9.39. The molecule has 6 nitrogen and oxygen atoms in total. The minimum atomic E-state index is -0.778. The summed E-state index contributed by atoms with van der Waals surface area (Å²) in [6, 6.07) is 17.9. The second-order valence-electron chi connectivity index (χ2n) is 10.3. The molecule has 2 aliphatic heterocycles. The van der Waals surface area contributed by atoms with E-state index in [1.54, 1.807) is 30.3 Å². The van der Waals surface area contributed by atoms with E-state index in [9.17, 15) is 19.1 Å². The van der Waals surface area contributed by atoms with Crippen LogP contribution in [0, 0.1) is 5.82 Å². The fourth-order valence-electron chi connectivity index (χ4n) is 4.72. The molecule has 2 aliphatic rings. The number of benzene rings is 3. The Bertz CT molecular complexity index is 1390. The number of aliphatic hydroxyl groups is 1. The number of aliphatic hydroxyl groups excluding tert-OH is 1. The number of rotatable bonds is 5. The van der Waals surface area contributed by atoms with Crippen LogP contribution < -0.4 is 9.47 Å². The third-order valence-corrected chi connectivity index (χ3v) is 6.83. The summed E-state index contributed by atoms with van der Waals surface area (Å²) in [4.78, 5) is 28.0. The molecule has 37 heavy (non-hydrogen) atoms. The quantitative estimate of drug-likeness (QED) is 0.283. The van der Waals surface area contributed by atoms with Crippen LogP contribution >= 0.6 is 0 Å². The summed E-state index contributed by atoms with van der Waals surface area (Å²) < 4.78 is 24.1. The summed E-state index contributed by atoms with van der Waals surface area (Å²) in [5.74, 6) is -1.04. The van der Waals surface area contributed by atoms with Gasteiger partial charge in [0.1, 0.15) is 11.6 Å². The van der Waals surface area contributed by atoms with Gasteiger partial charge >= 0.3 is 0 Å². The Labute approximate surface area is 214 Å². The van der Waals surface area contributed by atoms with Crippen LogP contribution in [0.5, 0.6) is 11.5 Å². The van der Waals surface area contributed by atoms with Gasteiger partial charge in [0.15, 0.2) is 11.5 Å². The number of hydrogen-bond acceptors (Lipinski definition) is 5. The average molecular weight is 502 g/mol. The molecule has 190 valence electrons. The molecular formula is C30H28FNO5. The summed E-state index contributed by atoms with van der Waals surface area (Å²) >= 11 is 0. The first-order chi connectivity index (χ1) is 17.6. The largest absolute Gasteiger partial charge is 0.507 e. The van der Waals surface area contributed by atoms with Gasteiger partial charge < -0.3 is 19.5 Å². The van der Waals surface area contributed by atoms with Gasteiger partial charge in [-0.1, -0.05) is 57.2 Å². The van der Waals surface area contributed by atoms with Crippen molar-refractivity contribution in [3.8, 4) is 11.5 Å². The van der Waals surface area contributed by atoms with Crippen LogP contribution in [-0.4, -0.2) is 35.0 Å². The first-order valence-electron chi connectivity index (χ1n) is 12.2. The van der Waals surface area contributed by atoms with Crippen molar-refractivity contribution in [3.05, 3.63) is 100 Å². The number of nitrogens with zero attached hydrogens (tertiary/aromatic N) is 1. The van der Waals surface area contributed by atoms with E-state index >= 15 is 0 Å². The lowest BCUT2D eigenvalue weighted by Gasteiger charge is -2.26. The van der Waals surface area contributed by atoms with Crippen molar-refractivity contribution in [2.45, 2.75) is 38.6 Å². The van der Waals surface area contributed by atoms with Gasteiger partial charge in [-0.15, -0.1) is 0 Å². The second-order valence-corrected chi connectivity index (χ2v) is 10.3. The third-order valence-electron chi connectivity index (χ3n) is 6.83. The zero-order valence-electron chi connectivity index (χ0n) is 21.0. The van der Waals surface area contributed by atoms with E-state index in [4.69, 9.17) is 9.47 Å². The maximum atomic E-state index is 13.4. The van der Waals surface area contributed by atoms with Crippen molar-refractivity contribution in [1.29, 1.82) is 0 Å². The topological polar surface area (TPSA) is 76.1 Å². The lowest BCUT2D eigenvalue weighted by Crippen LogP contribution is -2.31. The molecule has 1 fully saturated rings. The van der Waals surface area contributed by atoms with Crippen LogP contribution in [0.25, 0.3) is 5.76 Å². The Morgan fingerprint density at radius 2 is 1.65 bits per heavy atom.